The number of unbranched alkanes of at least 4 members (excludes halogenated alkanes) is 1. The third kappa shape index (κ3) is 4.32. The Kier molecular flexibility index (Phi) is 5.34. The molecule has 0 radical (unpaired) electrons. The van der Waals surface area contributed by atoms with Crippen LogP contribution in [0.1, 0.15) is 47.0 Å². The molecule has 0 aliphatic heterocycles. The second-order valence-corrected chi connectivity index (χ2v) is 4.59. The molecule has 0 bridgehead atoms. The largest absolute Gasteiger partial charge is 0.481 e. The number of aliphatic carboxylic acids is 1. The maximum atomic E-state index is 11.1. The molecule has 0 aromatic carbocycles. The predicted octanol–water partition coefficient (Wildman–Crippen LogP) is 3.79. The standard InChI is InChI=1S/C13H22O2/c1-10(2)8-6-7-9-13(5,11(3)4)12(14)15/h8H,3,6-7,9H2,1-2,4-5H3,(H,14,15). The zero-order valence-electron chi connectivity index (χ0n) is 10.3. The summed E-state index contributed by atoms with van der Waals surface area (Å²) in [4.78, 5) is 11.1. The van der Waals surface area contributed by atoms with Crippen molar-refractivity contribution in [1.82, 2.24) is 0 Å². The van der Waals surface area contributed by atoms with E-state index in [0.29, 0.717) is 6.42 Å². The van der Waals surface area contributed by atoms with Crippen LogP contribution in [0.4, 0.5) is 0 Å². The van der Waals surface area contributed by atoms with E-state index in [-0.39, 0.29) is 0 Å². The highest BCUT2D eigenvalue weighted by Crippen LogP contribution is 2.31. The number of carboxylic acid groups (broad SMARTS) is 1. The molecule has 0 rings (SSSR count). The summed E-state index contributed by atoms with van der Waals surface area (Å²) >= 11 is 0. The molecule has 1 unspecified atom stereocenters. The molecule has 1 atom stereocenters. The Labute approximate surface area is 92.7 Å². The number of hydrogen-bond donors (Lipinski definition) is 1. The van der Waals surface area contributed by atoms with E-state index in [4.69, 9.17) is 5.11 Å². The third-order valence-corrected chi connectivity index (χ3v) is 2.85. The van der Waals surface area contributed by atoms with Crippen LogP contribution in [0.25, 0.3) is 0 Å². The van der Waals surface area contributed by atoms with Crippen LogP contribution in [0.2, 0.25) is 0 Å². The van der Waals surface area contributed by atoms with Crippen LogP contribution in [0.15, 0.2) is 23.8 Å². The van der Waals surface area contributed by atoms with Crippen LogP contribution in [0, 0.1) is 5.41 Å². The summed E-state index contributed by atoms with van der Waals surface area (Å²) in [6.45, 7) is 11.4. The van der Waals surface area contributed by atoms with E-state index in [9.17, 15) is 4.79 Å². The van der Waals surface area contributed by atoms with Gasteiger partial charge in [0.2, 0.25) is 0 Å². The topological polar surface area (TPSA) is 37.3 Å². The van der Waals surface area contributed by atoms with Gasteiger partial charge in [0.1, 0.15) is 0 Å². The van der Waals surface area contributed by atoms with Gasteiger partial charge in [0.25, 0.3) is 0 Å². The van der Waals surface area contributed by atoms with Crippen molar-refractivity contribution in [2.75, 3.05) is 0 Å². The van der Waals surface area contributed by atoms with Gasteiger partial charge in [0, 0.05) is 0 Å². The van der Waals surface area contributed by atoms with Crippen molar-refractivity contribution in [2.45, 2.75) is 47.0 Å². The van der Waals surface area contributed by atoms with Crippen molar-refractivity contribution in [3.8, 4) is 0 Å². The number of carboxylic acids is 1. The normalized spacial score (nSPS) is 14.1. The van der Waals surface area contributed by atoms with Crippen LogP contribution in [0.3, 0.4) is 0 Å². The molecular formula is C13H22O2. The van der Waals surface area contributed by atoms with Gasteiger partial charge in [-0.25, -0.2) is 0 Å². The van der Waals surface area contributed by atoms with Crippen LogP contribution in [-0.4, -0.2) is 11.1 Å². The highest BCUT2D eigenvalue weighted by molar-refractivity contribution is 5.77. The minimum Gasteiger partial charge on any atom is -0.481 e. The van der Waals surface area contributed by atoms with Gasteiger partial charge in [-0.05, 0) is 47.0 Å². The quantitative estimate of drug-likeness (QED) is 0.535. The molecule has 2 heteroatoms. The monoisotopic (exact) mass is 210 g/mol. The number of carbonyl (C=O) groups is 1. The van der Waals surface area contributed by atoms with Gasteiger partial charge < -0.3 is 5.11 Å². The fourth-order valence-corrected chi connectivity index (χ4v) is 1.35. The minimum atomic E-state index is -0.771. The average molecular weight is 210 g/mol. The summed E-state index contributed by atoms with van der Waals surface area (Å²) in [7, 11) is 0. The highest BCUT2D eigenvalue weighted by atomic mass is 16.4. The number of hydrogen-bond acceptors (Lipinski definition) is 1. The Bertz CT molecular complexity index is 256. The minimum absolute atomic E-state index is 0.654. The molecule has 0 saturated carbocycles. The Hall–Kier alpha value is -1.05. The Balaban J connectivity index is 4.28. The zero-order valence-corrected chi connectivity index (χ0v) is 10.3. The molecule has 0 aromatic heterocycles. The molecule has 0 heterocycles. The molecule has 0 aromatic rings. The van der Waals surface area contributed by atoms with Crippen LogP contribution in [-0.2, 0) is 4.79 Å². The van der Waals surface area contributed by atoms with Gasteiger partial charge in [-0.15, -0.1) is 0 Å². The Morgan fingerprint density at radius 3 is 2.27 bits per heavy atom. The van der Waals surface area contributed by atoms with Gasteiger partial charge in [-0.2, -0.15) is 0 Å². The molecule has 0 aliphatic rings. The van der Waals surface area contributed by atoms with Crippen molar-refractivity contribution in [3.63, 3.8) is 0 Å². The Morgan fingerprint density at radius 1 is 1.40 bits per heavy atom. The smallest absolute Gasteiger partial charge is 0.313 e. The molecule has 86 valence electrons. The van der Waals surface area contributed by atoms with Crippen molar-refractivity contribution in [3.05, 3.63) is 23.8 Å². The van der Waals surface area contributed by atoms with Gasteiger partial charge >= 0.3 is 5.97 Å². The average Bonchev–Trinajstić information content (AvgIpc) is 2.10. The fourth-order valence-electron chi connectivity index (χ4n) is 1.35. The second kappa shape index (κ2) is 5.74. The summed E-state index contributed by atoms with van der Waals surface area (Å²) in [6.07, 6.45) is 4.63. The molecule has 0 spiro atoms. The van der Waals surface area contributed by atoms with Crippen molar-refractivity contribution < 1.29 is 9.90 Å². The SMILES string of the molecule is C=C(C)C(C)(CCCC=C(C)C)C(=O)O. The van der Waals surface area contributed by atoms with Crippen LogP contribution < -0.4 is 0 Å². The van der Waals surface area contributed by atoms with Gasteiger partial charge in [0.05, 0.1) is 5.41 Å². The van der Waals surface area contributed by atoms with E-state index in [1.165, 1.54) is 5.57 Å². The lowest BCUT2D eigenvalue weighted by Gasteiger charge is -2.24. The summed E-state index contributed by atoms with van der Waals surface area (Å²) in [5.41, 5.74) is 1.24. The lowest BCUT2D eigenvalue weighted by atomic mass is 9.79. The van der Waals surface area contributed by atoms with E-state index >= 15 is 0 Å². The fraction of sp³-hybridized carbons (Fsp3) is 0.615. The first-order valence-corrected chi connectivity index (χ1v) is 5.33. The van der Waals surface area contributed by atoms with Crippen LogP contribution >= 0.6 is 0 Å². The molecule has 1 N–H and O–H groups in total. The molecular weight excluding hydrogens is 188 g/mol. The zero-order chi connectivity index (χ0) is 12.1. The first-order valence-electron chi connectivity index (χ1n) is 5.33. The molecule has 15 heavy (non-hydrogen) atoms. The molecule has 0 fully saturated rings. The first kappa shape index (κ1) is 13.9. The summed E-state index contributed by atoms with van der Waals surface area (Å²) in [5, 5.41) is 9.14. The number of allylic oxidation sites excluding steroid dienone is 2. The third-order valence-electron chi connectivity index (χ3n) is 2.85. The molecule has 0 saturated heterocycles. The summed E-state index contributed by atoms with van der Waals surface area (Å²) in [5.74, 6) is -0.771. The van der Waals surface area contributed by atoms with Gasteiger partial charge in [0.15, 0.2) is 0 Å². The van der Waals surface area contributed by atoms with E-state index in [1.54, 1.807) is 13.8 Å². The van der Waals surface area contributed by atoms with Crippen molar-refractivity contribution in [1.29, 1.82) is 0 Å². The van der Waals surface area contributed by atoms with E-state index in [0.717, 1.165) is 18.4 Å². The number of rotatable bonds is 6. The maximum Gasteiger partial charge on any atom is 0.313 e. The van der Waals surface area contributed by atoms with Crippen molar-refractivity contribution >= 4 is 5.97 Å². The second-order valence-electron chi connectivity index (χ2n) is 4.59. The van der Waals surface area contributed by atoms with Gasteiger partial charge in [-0.1, -0.05) is 23.8 Å². The maximum absolute atomic E-state index is 11.1. The van der Waals surface area contributed by atoms with E-state index < -0.39 is 11.4 Å². The van der Waals surface area contributed by atoms with E-state index in [2.05, 4.69) is 26.5 Å². The molecule has 0 amide bonds. The summed E-state index contributed by atoms with van der Waals surface area (Å²) < 4.78 is 0. The Morgan fingerprint density at radius 2 is 1.93 bits per heavy atom. The lowest BCUT2D eigenvalue weighted by Crippen LogP contribution is -2.28. The first-order chi connectivity index (χ1) is 6.80. The van der Waals surface area contributed by atoms with E-state index in [1.807, 2.05) is 0 Å². The van der Waals surface area contributed by atoms with Gasteiger partial charge in [-0.3, -0.25) is 4.79 Å². The molecule has 2 nitrogen and oxygen atoms in total. The lowest BCUT2D eigenvalue weighted by molar-refractivity contribution is -0.146. The van der Waals surface area contributed by atoms with Crippen molar-refractivity contribution in [2.24, 2.45) is 5.41 Å². The molecule has 0 aliphatic carbocycles. The summed E-state index contributed by atoms with van der Waals surface area (Å²) in [6, 6.07) is 0. The highest BCUT2D eigenvalue weighted by Gasteiger charge is 2.32. The van der Waals surface area contributed by atoms with Crippen LogP contribution in [0.5, 0.6) is 0 Å². The predicted molar refractivity (Wildman–Crippen MR) is 63.8 cm³/mol.